The van der Waals surface area contributed by atoms with Crippen LogP contribution in [0.15, 0.2) is 60.4 Å². The largest absolute Gasteiger partial charge is 0.350 e. The molecule has 1 aromatic heterocycles. The van der Waals surface area contributed by atoms with E-state index in [1.54, 1.807) is 30.3 Å². The summed E-state index contributed by atoms with van der Waals surface area (Å²) in [5, 5.41) is 7.02. The summed E-state index contributed by atoms with van der Waals surface area (Å²) in [6.07, 6.45) is 3.65. The van der Waals surface area contributed by atoms with Crippen molar-refractivity contribution in [2.24, 2.45) is 7.05 Å². The summed E-state index contributed by atoms with van der Waals surface area (Å²) < 4.78 is 1.99. The number of carbonyl (C=O) groups excluding carboxylic acids is 2. The Morgan fingerprint density at radius 3 is 2.47 bits per heavy atom. The molecule has 0 aliphatic heterocycles. The van der Waals surface area contributed by atoms with Gasteiger partial charge in [-0.1, -0.05) is 55.8 Å². The number of aromatic nitrogens is 1. The SMILES string of the molecule is CCN(CC)CCNC(=O)/C(=C/c1cn(C)c2ccccc12)NC(=O)c1ccccc1Cl. The molecule has 0 spiro atoms. The Balaban J connectivity index is 1.90. The van der Waals surface area contributed by atoms with Gasteiger partial charge in [0.1, 0.15) is 5.70 Å². The molecule has 0 saturated heterocycles. The van der Waals surface area contributed by atoms with Crippen molar-refractivity contribution in [1.29, 1.82) is 0 Å². The van der Waals surface area contributed by atoms with Gasteiger partial charge in [0, 0.05) is 42.8 Å². The molecule has 168 valence electrons. The van der Waals surface area contributed by atoms with E-state index in [1.807, 2.05) is 42.1 Å². The van der Waals surface area contributed by atoms with E-state index in [-0.39, 0.29) is 11.6 Å². The fraction of sp³-hybridized carbons (Fsp3) is 0.280. The van der Waals surface area contributed by atoms with Crippen molar-refractivity contribution in [3.05, 3.63) is 76.6 Å². The van der Waals surface area contributed by atoms with Gasteiger partial charge in [-0.3, -0.25) is 9.59 Å². The van der Waals surface area contributed by atoms with Gasteiger partial charge < -0.3 is 20.1 Å². The highest BCUT2D eigenvalue weighted by molar-refractivity contribution is 6.34. The van der Waals surface area contributed by atoms with Crippen molar-refractivity contribution in [3.8, 4) is 0 Å². The number of likely N-dealkylation sites (N-methyl/N-ethyl adjacent to an activating group) is 1. The summed E-state index contributed by atoms with van der Waals surface area (Å²) in [6, 6.07) is 14.7. The maximum Gasteiger partial charge on any atom is 0.267 e. The van der Waals surface area contributed by atoms with Crippen LogP contribution >= 0.6 is 11.6 Å². The number of amides is 2. The van der Waals surface area contributed by atoms with E-state index in [9.17, 15) is 9.59 Å². The Labute approximate surface area is 193 Å². The van der Waals surface area contributed by atoms with Crippen LogP contribution in [0.2, 0.25) is 5.02 Å². The minimum absolute atomic E-state index is 0.172. The quantitative estimate of drug-likeness (QED) is 0.481. The fourth-order valence-electron chi connectivity index (χ4n) is 3.60. The molecule has 32 heavy (non-hydrogen) atoms. The highest BCUT2D eigenvalue weighted by Crippen LogP contribution is 2.23. The first kappa shape index (κ1) is 23.6. The van der Waals surface area contributed by atoms with E-state index >= 15 is 0 Å². The van der Waals surface area contributed by atoms with Gasteiger partial charge in [-0.15, -0.1) is 0 Å². The number of benzene rings is 2. The van der Waals surface area contributed by atoms with Gasteiger partial charge in [-0.2, -0.15) is 0 Å². The summed E-state index contributed by atoms with van der Waals surface area (Å²) in [6.45, 7) is 7.21. The molecule has 6 nitrogen and oxygen atoms in total. The van der Waals surface area contributed by atoms with Gasteiger partial charge in [0.25, 0.3) is 11.8 Å². The van der Waals surface area contributed by atoms with E-state index in [1.165, 1.54) is 0 Å². The van der Waals surface area contributed by atoms with Gasteiger partial charge in [0.15, 0.2) is 0 Å². The second-order valence-corrected chi connectivity index (χ2v) is 7.89. The standard InChI is InChI=1S/C25H29ClN4O2/c1-4-30(5-2)15-14-27-25(32)22(28-24(31)20-11-6-8-12-21(20)26)16-18-17-29(3)23-13-9-7-10-19(18)23/h6-13,16-17H,4-5,14-15H2,1-3H3,(H,27,32)(H,28,31)/b22-16-. The van der Waals surface area contributed by atoms with Crippen LogP contribution in [0.1, 0.15) is 29.8 Å². The van der Waals surface area contributed by atoms with Crippen LogP contribution < -0.4 is 10.6 Å². The van der Waals surface area contributed by atoms with E-state index in [2.05, 4.69) is 29.4 Å². The van der Waals surface area contributed by atoms with Crippen LogP contribution in [0.5, 0.6) is 0 Å². The van der Waals surface area contributed by atoms with Crippen molar-refractivity contribution in [3.63, 3.8) is 0 Å². The van der Waals surface area contributed by atoms with Crippen molar-refractivity contribution in [2.45, 2.75) is 13.8 Å². The third-order valence-electron chi connectivity index (χ3n) is 5.45. The number of hydrogen-bond acceptors (Lipinski definition) is 3. The first-order chi connectivity index (χ1) is 15.4. The first-order valence-electron chi connectivity index (χ1n) is 10.8. The predicted octanol–water partition coefficient (Wildman–Crippen LogP) is 4.06. The van der Waals surface area contributed by atoms with E-state index < -0.39 is 5.91 Å². The molecule has 3 rings (SSSR count). The van der Waals surface area contributed by atoms with Gasteiger partial charge in [0.2, 0.25) is 0 Å². The average Bonchev–Trinajstić information content (AvgIpc) is 3.12. The predicted molar refractivity (Wildman–Crippen MR) is 131 cm³/mol. The van der Waals surface area contributed by atoms with Gasteiger partial charge in [0.05, 0.1) is 10.6 Å². The summed E-state index contributed by atoms with van der Waals surface area (Å²) >= 11 is 6.18. The molecule has 0 atom stereocenters. The van der Waals surface area contributed by atoms with Crippen LogP contribution in [-0.2, 0) is 11.8 Å². The molecule has 0 aliphatic carbocycles. The smallest absolute Gasteiger partial charge is 0.267 e. The molecule has 0 radical (unpaired) electrons. The number of nitrogens with zero attached hydrogens (tertiary/aromatic N) is 2. The molecular formula is C25H29ClN4O2. The monoisotopic (exact) mass is 452 g/mol. The summed E-state index contributed by atoms with van der Waals surface area (Å²) in [5.74, 6) is -0.772. The zero-order chi connectivity index (χ0) is 23.1. The average molecular weight is 453 g/mol. The molecule has 1 heterocycles. The van der Waals surface area contributed by atoms with E-state index in [0.717, 1.165) is 36.1 Å². The molecule has 0 unspecified atom stereocenters. The highest BCUT2D eigenvalue weighted by Gasteiger charge is 2.17. The summed E-state index contributed by atoms with van der Waals surface area (Å²) in [7, 11) is 1.95. The number of para-hydroxylation sites is 1. The Kier molecular flexibility index (Phi) is 8.09. The van der Waals surface area contributed by atoms with Gasteiger partial charge in [-0.05, 0) is 37.4 Å². The number of halogens is 1. The third kappa shape index (κ3) is 5.58. The lowest BCUT2D eigenvalue weighted by molar-refractivity contribution is -0.117. The normalized spacial score (nSPS) is 11.7. The van der Waals surface area contributed by atoms with Crippen LogP contribution in [0.25, 0.3) is 17.0 Å². The molecule has 0 aliphatic rings. The van der Waals surface area contributed by atoms with Crippen LogP contribution in [0, 0.1) is 0 Å². The van der Waals surface area contributed by atoms with Crippen molar-refractivity contribution >= 4 is 40.4 Å². The summed E-state index contributed by atoms with van der Waals surface area (Å²) in [5.41, 5.74) is 2.37. The van der Waals surface area contributed by atoms with Gasteiger partial charge in [-0.25, -0.2) is 0 Å². The molecule has 2 amide bonds. The number of rotatable bonds is 9. The zero-order valence-corrected chi connectivity index (χ0v) is 19.4. The third-order valence-corrected chi connectivity index (χ3v) is 5.78. The Morgan fingerprint density at radius 2 is 1.75 bits per heavy atom. The molecular weight excluding hydrogens is 424 g/mol. The highest BCUT2D eigenvalue weighted by atomic mass is 35.5. The molecule has 0 fully saturated rings. The lowest BCUT2D eigenvalue weighted by Gasteiger charge is -2.18. The molecule has 2 aromatic carbocycles. The zero-order valence-electron chi connectivity index (χ0n) is 18.7. The van der Waals surface area contributed by atoms with Crippen LogP contribution in [0.4, 0.5) is 0 Å². The Bertz CT molecular complexity index is 1130. The number of aryl methyl sites for hydroxylation is 1. The van der Waals surface area contributed by atoms with Gasteiger partial charge >= 0.3 is 0 Å². The van der Waals surface area contributed by atoms with Crippen molar-refractivity contribution in [1.82, 2.24) is 20.1 Å². The lowest BCUT2D eigenvalue weighted by Crippen LogP contribution is -2.39. The minimum Gasteiger partial charge on any atom is -0.350 e. The Morgan fingerprint density at radius 1 is 1.06 bits per heavy atom. The van der Waals surface area contributed by atoms with Crippen LogP contribution in [0.3, 0.4) is 0 Å². The number of fused-ring (bicyclic) bond motifs is 1. The first-order valence-corrected chi connectivity index (χ1v) is 11.1. The lowest BCUT2D eigenvalue weighted by atomic mass is 10.1. The maximum atomic E-state index is 13.0. The fourth-order valence-corrected chi connectivity index (χ4v) is 3.82. The molecule has 3 aromatic rings. The molecule has 0 saturated carbocycles. The Hall–Kier alpha value is -3.09. The van der Waals surface area contributed by atoms with Crippen LogP contribution in [-0.4, -0.2) is 47.5 Å². The summed E-state index contributed by atoms with van der Waals surface area (Å²) in [4.78, 5) is 28.2. The minimum atomic E-state index is -0.430. The number of nitrogens with one attached hydrogen (secondary N) is 2. The number of hydrogen-bond donors (Lipinski definition) is 2. The molecule has 2 N–H and O–H groups in total. The molecule has 0 bridgehead atoms. The second-order valence-electron chi connectivity index (χ2n) is 7.49. The van der Waals surface area contributed by atoms with E-state index in [0.29, 0.717) is 17.1 Å². The second kappa shape index (κ2) is 11.0. The maximum absolute atomic E-state index is 13.0. The molecule has 7 heteroatoms. The van der Waals surface area contributed by atoms with Crippen molar-refractivity contribution in [2.75, 3.05) is 26.2 Å². The van der Waals surface area contributed by atoms with Crippen molar-refractivity contribution < 1.29 is 9.59 Å². The number of carbonyl (C=O) groups is 2. The topological polar surface area (TPSA) is 66.4 Å². The van der Waals surface area contributed by atoms with E-state index in [4.69, 9.17) is 11.6 Å².